The van der Waals surface area contributed by atoms with Gasteiger partial charge in [-0.2, -0.15) is 0 Å². The Morgan fingerprint density at radius 2 is 2.12 bits per heavy atom. The molecular weight excluding hydrogens is 418 g/mol. The molecule has 2 bridgehead atoms. The molecule has 4 atom stereocenters. The van der Waals surface area contributed by atoms with Crippen LogP contribution >= 0.6 is 0 Å². The van der Waals surface area contributed by atoms with Crippen LogP contribution < -0.4 is 10.1 Å². The molecule has 3 aromatic rings. The first-order valence-electron chi connectivity index (χ1n) is 11.4. The second-order valence-electron chi connectivity index (χ2n) is 8.95. The van der Waals surface area contributed by atoms with Gasteiger partial charge in [-0.1, -0.05) is 35.5 Å². The molecule has 6 rings (SSSR count). The van der Waals surface area contributed by atoms with Crippen molar-refractivity contribution in [3.05, 3.63) is 60.3 Å². The quantitative estimate of drug-likeness (QED) is 0.579. The first kappa shape index (κ1) is 21.5. The van der Waals surface area contributed by atoms with Crippen LogP contribution in [0.5, 0.6) is 11.5 Å². The monoisotopic (exact) mass is 447 g/mol. The van der Waals surface area contributed by atoms with Gasteiger partial charge in [0.15, 0.2) is 0 Å². The van der Waals surface area contributed by atoms with Gasteiger partial charge in [0, 0.05) is 30.3 Å². The predicted octanol–water partition coefficient (Wildman–Crippen LogP) is 2.69. The molecule has 3 fully saturated rings. The number of nitrogens with zero attached hydrogens (tertiary/aromatic N) is 4. The predicted molar refractivity (Wildman–Crippen MR) is 124 cm³/mol. The fourth-order valence-electron chi connectivity index (χ4n) is 5.19. The van der Waals surface area contributed by atoms with Crippen molar-refractivity contribution >= 4 is 5.91 Å². The number of carbonyl (C=O) groups is 1. The van der Waals surface area contributed by atoms with Gasteiger partial charge in [-0.3, -0.25) is 14.4 Å². The molecule has 1 aromatic heterocycles. The first-order chi connectivity index (χ1) is 16.1. The van der Waals surface area contributed by atoms with Crippen molar-refractivity contribution in [1.29, 1.82) is 0 Å². The Bertz CT molecular complexity index is 1130. The molecule has 2 aromatic carbocycles. The summed E-state index contributed by atoms with van der Waals surface area (Å²) in [5, 5.41) is 21.4. The highest BCUT2D eigenvalue weighted by Gasteiger charge is 2.43. The highest BCUT2D eigenvalue weighted by Crippen LogP contribution is 2.37. The van der Waals surface area contributed by atoms with E-state index < -0.39 is 0 Å². The zero-order valence-corrected chi connectivity index (χ0v) is 18.7. The number of hydrogen-bond acceptors (Lipinski definition) is 6. The third-order valence-electron chi connectivity index (χ3n) is 6.94. The Labute approximate surface area is 193 Å². The van der Waals surface area contributed by atoms with Gasteiger partial charge < -0.3 is 15.2 Å². The van der Waals surface area contributed by atoms with Crippen molar-refractivity contribution in [2.45, 2.75) is 32.0 Å². The highest BCUT2D eigenvalue weighted by atomic mass is 16.5. The Hall–Kier alpha value is -3.39. The molecule has 0 spiro atoms. The summed E-state index contributed by atoms with van der Waals surface area (Å²) in [5.74, 6) is 1.54. The maximum absolute atomic E-state index is 13.0. The number of amides is 1. The van der Waals surface area contributed by atoms with Gasteiger partial charge in [0.1, 0.15) is 17.2 Å². The Morgan fingerprint density at radius 1 is 1.24 bits per heavy atom. The van der Waals surface area contributed by atoms with Crippen molar-refractivity contribution in [2.24, 2.45) is 11.8 Å². The number of piperidine rings is 3. The lowest BCUT2D eigenvalue weighted by molar-refractivity contribution is -0.133. The van der Waals surface area contributed by atoms with Crippen LogP contribution in [0.2, 0.25) is 0 Å². The van der Waals surface area contributed by atoms with Crippen LogP contribution in [0.1, 0.15) is 18.4 Å². The van der Waals surface area contributed by atoms with E-state index in [1.807, 2.05) is 41.2 Å². The van der Waals surface area contributed by atoms with Crippen LogP contribution in [0.15, 0.2) is 54.7 Å². The van der Waals surface area contributed by atoms with Gasteiger partial charge in [-0.05, 0) is 43.5 Å². The number of phenols is 1. The molecule has 33 heavy (non-hydrogen) atoms. The van der Waals surface area contributed by atoms with Gasteiger partial charge in [-0.25, -0.2) is 0 Å². The maximum atomic E-state index is 13.0. The topological polar surface area (TPSA) is 92.5 Å². The smallest absolute Gasteiger partial charge is 0.224 e. The van der Waals surface area contributed by atoms with Crippen LogP contribution in [0.4, 0.5) is 0 Å². The number of fused-ring (bicyclic) bond motifs is 3. The Balaban J connectivity index is 1.19. The van der Waals surface area contributed by atoms with Crippen LogP contribution in [-0.4, -0.2) is 57.1 Å². The first-order valence-corrected chi connectivity index (χ1v) is 11.4. The molecule has 8 heteroatoms. The highest BCUT2D eigenvalue weighted by molar-refractivity contribution is 5.79. The minimum absolute atomic E-state index is 0.0170. The average Bonchev–Trinajstić information content (AvgIpc) is 3.31. The molecule has 0 aliphatic carbocycles. The number of phenolic OH excluding ortho intramolecular Hbond substituents is 1. The summed E-state index contributed by atoms with van der Waals surface area (Å²) in [7, 11) is 1.65. The lowest BCUT2D eigenvalue weighted by atomic mass is 9.75. The zero-order chi connectivity index (χ0) is 22.8. The van der Waals surface area contributed by atoms with E-state index in [0.717, 1.165) is 55.0 Å². The largest absolute Gasteiger partial charge is 0.508 e. The summed E-state index contributed by atoms with van der Waals surface area (Å²) in [6.07, 6.45) is 3.96. The molecule has 4 heterocycles. The molecule has 3 aliphatic heterocycles. The van der Waals surface area contributed by atoms with Gasteiger partial charge in [0.05, 0.1) is 25.8 Å². The number of carbonyl (C=O) groups excluding carboxylic acids is 1. The standard InChI is InChI=1S/C25H29N5O3/c1-33-24-8-3-2-5-19(24)13-26-25(32)22-15-29-10-9-17(22)11-20(29)14-30-16-23(27-28-30)18-6-4-7-21(31)12-18/h2-8,12,16-17,20,22,31H,9-11,13-15H2,1H3,(H,26,32). The molecule has 8 nitrogen and oxygen atoms in total. The van der Waals surface area contributed by atoms with Crippen LogP contribution in [0.25, 0.3) is 11.3 Å². The molecule has 1 amide bonds. The SMILES string of the molecule is COc1ccccc1CNC(=O)C1CN2CCC1CC2Cn1cc(-c2cccc(O)c2)nn1. The summed E-state index contributed by atoms with van der Waals surface area (Å²) < 4.78 is 7.27. The minimum atomic E-state index is 0.0170. The molecule has 4 unspecified atom stereocenters. The van der Waals surface area contributed by atoms with E-state index in [9.17, 15) is 9.90 Å². The lowest BCUT2D eigenvalue weighted by Gasteiger charge is -2.49. The van der Waals surface area contributed by atoms with E-state index in [-0.39, 0.29) is 17.6 Å². The molecule has 3 aliphatic rings. The van der Waals surface area contributed by atoms with E-state index in [4.69, 9.17) is 4.74 Å². The summed E-state index contributed by atoms with van der Waals surface area (Å²) in [4.78, 5) is 15.4. The van der Waals surface area contributed by atoms with Crippen molar-refractivity contribution in [3.8, 4) is 22.8 Å². The number of para-hydroxylation sites is 1. The van der Waals surface area contributed by atoms with E-state index in [1.54, 1.807) is 25.3 Å². The molecule has 3 saturated heterocycles. The molecular formula is C25H29N5O3. The number of benzene rings is 2. The van der Waals surface area contributed by atoms with Crippen LogP contribution in [-0.2, 0) is 17.9 Å². The van der Waals surface area contributed by atoms with E-state index in [1.165, 1.54) is 0 Å². The number of methoxy groups -OCH3 is 1. The van der Waals surface area contributed by atoms with E-state index >= 15 is 0 Å². The second-order valence-corrected chi connectivity index (χ2v) is 8.95. The fraction of sp³-hybridized carbons (Fsp3) is 0.400. The summed E-state index contributed by atoms with van der Waals surface area (Å²) in [6.45, 7) is 3.02. The zero-order valence-electron chi connectivity index (χ0n) is 18.7. The molecule has 0 radical (unpaired) electrons. The second kappa shape index (κ2) is 9.23. The third kappa shape index (κ3) is 4.57. The summed E-state index contributed by atoms with van der Waals surface area (Å²) in [6, 6.07) is 15.2. The third-order valence-corrected chi connectivity index (χ3v) is 6.94. The van der Waals surface area contributed by atoms with Gasteiger partial charge >= 0.3 is 0 Å². The number of hydrogen-bond donors (Lipinski definition) is 2. The maximum Gasteiger partial charge on any atom is 0.224 e. The number of ether oxygens (including phenoxy) is 1. The summed E-state index contributed by atoms with van der Waals surface area (Å²) in [5.41, 5.74) is 2.58. The van der Waals surface area contributed by atoms with Crippen molar-refractivity contribution in [1.82, 2.24) is 25.2 Å². The van der Waals surface area contributed by atoms with Gasteiger partial charge in [0.2, 0.25) is 5.91 Å². The molecule has 0 saturated carbocycles. The van der Waals surface area contributed by atoms with Crippen molar-refractivity contribution in [2.75, 3.05) is 20.2 Å². The molecule has 172 valence electrons. The van der Waals surface area contributed by atoms with Crippen LogP contribution in [0, 0.1) is 11.8 Å². The number of aromatic nitrogens is 3. The van der Waals surface area contributed by atoms with Crippen LogP contribution in [0.3, 0.4) is 0 Å². The number of rotatable bonds is 7. The number of aromatic hydroxyl groups is 1. The van der Waals surface area contributed by atoms with E-state index in [0.29, 0.717) is 18.5 Å². The fourth-order valence-corrected chi connectivity index (χ4v) is 5.19. The molecule has 2 N–H and O–H groups in total. The van der Waals surface area contributed by atoms with Crippen molar-refractivity contribution in [3.63, 3.8) is 0 Å². The van der Waals surface area contributed by atoms with Gasteiger partial charge in [-0.15, -0.1) is 5.10 Å². The normalized spacial score (nSPS) is 23.9. The number of nitrogens with one attached hydrogen (secondary N) is 1. The van der Waals surface area contributed by atoms with Gasteiger partial charge in [0.25, 0.3) is 0 Å². The van der Waals surface area contributed by atoms with E-state index in [2.05, 4.69) is 20.5 Å². The van der Waals surface area contributed by atoms with Crippen molar-refractivity contribution < 1.29 is 14.6 Å². The average molecular weight is 448 g/mol. The lowest BCUT2D eigenvalue weighted by Crippen LogP contribution is -2.58. The Kier molecular flexibility index (Phi) is 6.00. The Morgan fingerprint density at radius 3 is 2.91 bits per heavy atom. The summed E-state index contributed by atoms with van der Waals surface area (Å²) >= 11 is 0. The minimum Gasteiger partial charge on any atom is -0.508 e.